The van der Waals surface area contributed by atoms with Crippen LogP contribution in [0, 0.1) is 5.82 Å². The van der Waals surface area contributed by atoms with E-state index in [0.29, 0.717) is 18.7 Å². The molecule has 0 bridgehead atoms. The molecule has 0 saturated carbocycles. The van der Waals surface area contributed by atoms with Crippen LogP contribution in [0.2, 0.25) is 0 Å². The average molecular weight is 413 g/mol. The van der Waals surface area contributed by atoms with E-state index in [1.165, 1.54) is 17.4 Å². The molecule has 1 N–H and O–H groups in total. The van der Waals surface area contributed by atoms with Crippen molar-refractivity contribution in [3.63, 3.8) is 0 Å². The zero-order valence-corrected chi connectivity index (χ0v) is 17.7. The molecular formula is C19H29FN4O3S. The Morgan fingerprint density at radius 2 is 2.07 bits per heavy atom. The molecule has 28 heavy (non-hydrogen) atoms. The molecule has 0 radical (unpaired) electrons. The third-order valence-electron chi connectivity index (χ3n) is 4.06. The highest BCUT2D eigenvalue weighted by molar-refractivity contribution is 7.91. The predicted molar refractivity (Wildman–Crippen MR) is 109 cm³/mol. The molecule has 1 amide bonds. The Kier molecular flexibility index (Phi) is 7.40. The Morgan fingerprint density at radius 3 is 2.71 bits per heavy atom. The van der Waals surface area contributed by atoms with Crippen LogP contribution < -0.4 is 5.32 Å². The third-order valence-corrected chi connectivity index (χ3v) is 6.43. The zero-order valence-electron chi connectivity index (χ0n) is 16.9. The lowest BCUT2D eigenvalue weighted by Gasteiger charge is -2.28. The number of halogens is 1. The normalized spacial score (nSPS) is 20.9. The summed E-state index contributed by atoms with van der Waals surface area (Å²) in [6.45, 7) is 6.16. The molecular weight excluding hydrogens is 383 g/mol. The average Bonchev–Trinajstić information content (AvgIpc) is 2.79. The molecule has 1 atom stereocenters. The van der Waals surface area contributed by atoms with Gasteiger partial charge in [-0.05, 0) is 51.7 Å². The van der Waals surface area contributed by atoms with Crippen molar-refractivity contribution in [2.75, 3.05) is 25.9 Å². The number of hydrogen-bond donors (Lipinski definition) is 1. The van der Waals surface area contributed by atoms with Crippen molar-refractivity contribution in [3.05, 3.63) is 35.6 Å². The summed E-state index contributed by atoms with van der Waals surface area (Å²) in [6, 6.07) is 6.42. The number of aliphatic imine (C=N–C) groups is 1. The fourth-order valence-electron chi connectivity index (χ4n) is 2.77. The van der Waals surface area contributed by atoms with E-state index < -0.39 is 21.6 Å². The van der Waals surface area contributed by atoms with E-state index in [9.17, 15) is 13.4 Å². The summed E-state index contributed by atoms with van der Waals surface area (Å²) in [5, 5.41) is 2.59. The molecule has 1 aromatic rings. The summed E-state index contributed by atoms with van der Waals surface area (Å²) in [5.41, 5.74) is -0.182. The second kappa shape index (κ2) is 9.36. The van der Waals surface area contributed by atoms with E-state index in [-0.39, 0.29) is 24.0 Å². The SMILES string of the molecule is C/N=C(/NC(=O)OC(C)(C)C)N1CCCCN=S1(=O)CCc1ccccc1F. The second-order valence-corrected chi connectivity index (χ2v) is 9.81. The zero-order chi connectivity index (χ0) is 20.8. The van der Waals surface area contributed by atoms with Crippen molar-refractivity contribution in [3.8, 4) is 0 Å². The topological polar surface area (TPSA) is 83.4 Å². The Labute approximate surface area is 166 Å². The molecule has 7 nitrogen and oxygen atoms in total. The van der Waals surface area contributed by atoms with Gasteiger partial charge < -0.3 is 4.74 Å². The Hall–Kier alpha value is -2.16. The molecule has 1 aliphatic rings. The van der Waals surface area contributed by atoms with Crippen LogP contribution >= 0.6 is 0 Å². The molecule has 1 heterocycles. The standard InChI is InChI=1S/C19H29FN4O3S/c1-19(2,3)27-18(25)23-17(21-4)24-13-8-7-12-22-28(24,26)14-11-15-9-5-6-10-16(15)20/h5-6,9-10H,7-8,11-14H2,1-4H3,(H,21,23,25). The van der Waals surface area contributed by atoms with Gasteiger partial charge in [0.15, 0.2) is 0 Å². The van der Waals surface area contributed by atoms with Crippen molar-refractivity contribution in [1.82, 2.24) is 9.62 Å². The first kappa shape index (κ1) is 22.1. The molecule has 1 unspecified atom stereocenters. The minimum atomic E-state index is -2.89. The molecule has 156 valence electrons. The fourth-order valence-corrected chi connectivity index (χ4v) is 4.97. The molecule has 0 aliphatic carbocycles. The van der Waals surface area contributed by atoms with Gasteiger partial charge in [0.2, 0.25) is 5.96 Å². The second-order valence-electron chi connectivity index (χ2n) is 7.49. The number of hydrogen-bond acceptors (Lipinski definition) is 5. The van der Waals surface area contributed by atoms with E-state index in [1.807, 2.05) is 0 Å². The van der Waals surface area contributed by atoms with Crippen LogP contribution in [-0.2, 0) is 21.1 Å². The summed E-state index contributed by atoms with van der Waals surface area (Å²) < 4.78 is 38.8. The van der Waals surface area contributed by atoms with E-state index in [1.54, 1.807) is 39.0 Å². The molecule has 2 rings (SSSR count). The molecule has 0 saturated heterocycles. The minimum Gasteiger partial charge on any atom is -0.444 e. The first-order valence-corrected chi connectivity index (χ1v) is 11.0. The molecule has 1 aromatic carbocycles. The van der Waals surface area contributed by atoms with Crippen molar-refractivity contribution in [1.29, 1.82) is 0 Å². The third kappa shape index (κ3) is 6.19. The Balaban J connectivity index is 2.22. The lowest BCUT2D eigenvalue weighted by Crippen LogP contribution is -2.49. The van der Waals surface area contributed by atoms with E-state index in [0.717, 1.165) is 12.8 Å². The van der Waals surface area contributed by atoms with Crippen LogP contribution in [-0.4, -0.2) is 52.1 Å². The number of aryl methyl sites for hydroxylation is 1. The number of ether oxygens (including phenoxy) is 1. The number of alkyl carbamates (subject to hydrolysis) is 1. The van der Waals surface area contributed by atoms with E-state index in [2.05, 4.69) is 14.7 Å². The first-order chi connectivity index (χ1) is 13.1. The van der Waals surface area contributed by atoms with Gasteiger partial charge in [0.05, 0.1) is 12.3 Å². The van der Waals surface area contributed by atoms with Gasteiger partial charge >= 0.3 is 6.09 Å². The van der Waals surface area contributed by atoms with Crippen molar-refractivity contribution in [2.45, 2.75) is 45.6 Å². The number of carbonyl (C=O) groups excluding carboxylic acids is 1. The smallest absolute Gasteiger partial charge is 0.414 e. The van der Waals surface area contributed by atoms with Crippen LogP contribution in [0.5, 0.6) is 0 Å². The molecule has 0 aromatic heterocycles. The fraction of sp³-hybridized carbons (Fsp3) is 0.579. The van der Waals surface area contributed by atoms with Gasteiger partial charge in [-0.1, -0.05) is 18.2 Å². The van der Waals surface area contributed by atoms with Crippen LogP contribution in [0.4, 0.5) is 9.18 Å². The number of rotatable bonds is 3. The van der Waals surface area contributed by atoms with Crippen molar-refractivity contribution in [2.24, 2.45) is 9.36 Å². The van der Waals surface area contributed by atoms with Gasteiger partial charge in [-0.15, -0.1) is 0 Å². The largest absolute Gasteiger partial charge is 0.444 e. The maximum absolute atomic E-state index is 14.0. The van der Waals surface area contributed by atoms with Crippen LogP contribution in [0.3, 0.4) is 0 Å². The van der Waals surface area contributed by atoms with E-state index in [4.69, 9.17) is 4.74 Å². The number of nitrogens with zero attached hydrogens (tertiary/aromatic N) is 3. The lowest BCUT2D eigenvalue weighted by atomic mass is 10.2. The maximum Gasteiger partial charge on any atom is 0.414 e. The van der Waals surface area contributed by atoms with Crippen molar-refractivity contribution >= 4 is 22.0 Å². The number of benzene rings is 1. The van der Waals surface area contributed by atoms with Gasteiger partial charge in [0, 0.05) is 13.6 Å². The molecule has 0 spiro atoms. The number of amides is 1. The minimum absolute atomic E-state index is 0.142. The maximum atomic E-state index is 14.0. The monoisotopic (exact) mass is 412 g/mol. The summed E-state index contributed by atoms with van der Waals surface area (Å²) in [4.78, 5) is 16.3. The quantitative estimate of drug-likeness (QED) is 0.610. The summed E-state index contributed by atoms with van der Waals surface area (Å²) in [7, 11) is -1.38. The van der Waals surface area contributed by atoms with Crippen LogP contribution in [0.25, 0.3) is 0 Å². The molecule has 9 heteroatoms. The number of guanidine groups is 1. The Bertz CT molecular complexity index is 842. The summed E-state index contributed by atoms with van der Waals surface area (Å²) >= 11 is 0. The molecule has 0 fully saturated rings. The van der Waals surface area contributed by atoms with Crippen molar-refractivity contribution < 1.29 is 18.1 Å². The van der Waals surface area contributed by atoms with Gasteiger partial charge in [-0.25, -0.2) is 17.8 Å². The Morgan fingerprint density at radius 1 is 1.36 bits per heavy atom. The highest BCUT2D eigenvalue weighted by atomic mass is 32.2. The highest BCUT2D eigenvalue weighted by Crippen LogP contribution is 2.17. The number of nitrogens with one attached hydrogen (secondary N) is 1. The van der Waals surface area contributed by atoms with Gasteiger partial charge in [0.1, 0.15) is 21.3 Å². The van der Waals surface area contributed by atoms with Gasteiger partial charge in [0.25, 0.3) is 0 Å². The summed E-state index contributed by atoms with van der Waals surface area (Å²) in [6.07, 6.45) is 1.15. The predicted octanol–water partition coefficient (Wildman–Crippen LogP) is 3.36. The van der Waals surface area contributed by atoms with Crippen LogP contribution in [0.1, 0.15) is 39.2 Å². The summed E-state index contributed by atoms with van der Waals surface area (Å²) in [5.74, 6) is -0.0384. The first-order valence-electron chi connectivity index (χ1n) is 9.33. The lowest BCUT2D eigenvalue weighted by molar-refractivity contribution is 0.0559. The van der Waals surface area contributed by atoms with E-state index >= 15 is 0 Å². The highest BCUT2D eigenvalue weighted by Gasteiger charge is 2.28. The van der Waals surface area contributed by atoms with Gasteiger partial charge in [-0.2, -0.15) is 0 Å². The van der Waals surface area contributed by atoms with Crippen LogP contribution in [0.15, 0.2) is 33.6 Å². The van der Waals surface area contributed by atoms with Gasteiger partial charge in [-0.3, -0.25) is 14.6 Å². The molecule has 1 aliphatic heterocycles. The number of carbonyl (C=O) groups is 1.